The number of benzene rings is 2. The number of ketones is 1. The summed E-state index contributed by atoms with van der Waals surface area (Å²) in [5, 5.41) is 21.8. The summed E-state index contributed by atoms with van der Waals surface area (Å²) in [5.74, 6) is -0.243. The molecule has 1 N–H and O–H groups in total. The molecule has 4 heterocycles. The number of carbonyl (C=O) groups is 2. The maximum atomic E-state index is 13.9. The second kappa shape index (κ2) is 14.4. The molecule has 1 amide bonds. The van der Waals surface area contributed by atoms with E-state index in [1.54, 1.807) is 37.3 Å². The number of fused-ring (bicyclic) bond motifs is 1. The molecular weight excluding hydrogens is 705 g/mol. The van der Waals surface area contributed by atoms with Crippen molar-refractivity contribution in [3.8, 4) is 11.5 Å². The Labute approximate surface area is 301 Å². The first-order chi connectivity index (χ1) is 23.5. The van der Waals surface area contributed by atoms with Gasteiger partial charge in [0.1, 0.15) is 11.3 Å². The monoisotopic (exact) mass is 737 g/mol. The van der Waals surface area contributed by atoms with Gasteiger partial charge in [-0.15, -0.1) is 10.2 Å². The molecule has 6 rings (SSSR count). The predicted octanol–water partition coefficient (Wildman–Crippen LogP) is 8.46. The van der Waals surface area contributed by atoms with Crippen LogP contribution in [0.2, 0.25) is 10.0 Å². The molecular formula is C35H33Cl2N5O5S2. The van der Waals surface area contributed by atoms with Gasteiger partial charge in [0, 0.05) is 22.0 Å². The van der Waals surface area contributed by atoms with E-state index in [1.807, 2.05) is 35.7 Å². The topological polar surface area (TPSA) is 119 Å². The minimum atomic E-state index is -1.07. The molecule has 254 valence electrons. The van der Waals surface area contributed by atoms with E-state index in [2.05, 4.69) is 29.0 Å². The molecule has 1 aliphatic rings. The highest BCUT2D eigenvalue weighted by atomic mass is 35.5. The van der Waals surface area contributed by atoms with E-state index in [0.717, 1.165) is 28.9 Å². The Morgan fingerprint density at radius 1 is 1.08 bits per heavy atom. The number of rotatable bonds is 11. The number of anilines is 1. The fraction of sp³-hybridized carbons (Fsp3) is 0.286. The second-order valence-electron chi connectivity index (χ2n) is 11.9. The van der Waals surface area contributed by atoms with E-state index in [1.165, 1.54) is 23.8 Å². The Morgan fingerprint density at radius 3 is 2.59 bits per heavy atom. The average Bonchev–Trinajstić information content (AvgIpc) is 3.75. The molecule has 1 saturated heterocycles. The van der Waals surface area contributed by atoms with Crippen LogP contribution in [0.15, 0.2) is 64.6 Å². The molecule has 0 spiro atoms. The number of aliphatic hydroxyl groups is 1. The Bertz CT molecular complexity index is 2110. The molecule has 2 aromatic carbocycles. The van der Waals surface area contributed by atoms with Gasteiger partial charge in [-0.3, -0.25) is 14.5 Å². The minimum absolute atomic E-state index is 0.123. The largest absolute Gasteiger partial charge is 0.505 e. The van der Waals surface area contributed by atoms with Gasteiger partial charge in [0.25, 0.3) is 5.78 Å². The maximum Gasteiger partial charge on any atom is 0.301 e. The average molecular weight is 739 g/mol. The van der Waals surface area contributed by atoms with Crippen LogP contribution in [-0.2, 0) is 15.3 Å². The van der Waals surface area contributed by atoms with Gasteiger partial charge in [0.2, 0.25) is 5.13 Å². The van der Waals surface area contributed by atoms with Gasteiger partial charge in [-0.1, -0.05) is 78.3 Å². The number of methoxy groups -OCH3 is 1. The molecule has 1 aliphatic heterocycles. The van der Waals surface area contributed by atoms with Gasteiger partial charge in [0.15, 0.2) is 21.6 Å². The lowest BCUT2D eigenvalue weighted by Gasteiger charge is -2.23. The molecule has 1 unspecified atom stereocenters. The number of carbonyl (C=O) groups excluding carboxylic acids is 2. The van der Waals surface area contributed by atoms with Crippen LogP contribution in [0.4, 0.5) is 5.13 Å². The van der Waals surface area contributed by atoms with E-state index in [-0.39, 0.29) is 22.2 Å². The second-order valence-corrected chi connectivity index (χ2v) is 14.9. The molecule has 0 radical (unpaired) electrons. The summed E-state index contributed by atoms with van der Waals surface area (Å²) in [5.41, 5.74) is 3.57. The molecule has 3 aromatic heterocycles. The zero-order valence-electron chi connectivity index (χ0n) is 27.4. The Morgan fingerprint density at radius 2 is 1.88 bits per heavy atom. The predicted molar refractivity (Wildman–Crippen MR) is 193 cm³/mol. The van der Waals surface area contributed by atoms with Crippen LogP contribution >= 0.6 is 46.3 Å². The van der Waals surface area contributed by atoms with Crippen LogP contribution < -0.4 is 14.4 Å². The number of pyridine rings is 1. The third kappa shape index (κ3) is 6.87. The number of hydrogen-bond acceptors (Lipinski definition) is 10. The van der Waals surface area contributed by atoms with Gasteiger partial charge in [-0.2, -0.15) is 0 Å². The lowest BCUT2D eigenvalue weighted by Crippen LogP contribution is -2.29. The fourth-order valence-corrected chi connectivity index (χ4v) is 7.96. The highest BCUT2D eigenvalue weighted by Gasteiger charge is 2.49. The smallest absolute Gasteiger partial charge is 0.301 e. The van der Waals surface area contributed by atoms with Crippen molar-refractivity contribution in [2.75, 3.05) is 18.6 Å². The molecule has 0 saturated carbocycles. The third-order valence-electron chi connectivity index (χ3n) is 8.18. The summed E-state index contributed by atoms with van der Waals surface area (Å²) in [4.78, 5) is 33.8. The number of aliphatic hydroxyl groups excluding tert-OH is 1. The van der Waals surface area contributed by atoms with E-state index >= 15 is 0 Å². The fourth-order valence-electron chi connectivity index (χ4n) is 5.53. The summed E-state index contributed by atoms with van der Waals surface area (Å²) in [6, 6.07) is 13.2. The number of thioether (sulfide) groups is 1. The van der Waals surface area contributed by atoms with Crippen LogP contribution in [0, 0.1) is 19.8 Å². The first-order valence-electron chi connectivity index (χ1n) is 15.4. The van der Waals surface area contributed by atoms with E-state index in [4.69, 9.17) is 32.7 Å². The van der Waals surface area contributed by atoms with Gasteiger partial charge < -0.3 is 19.0 Å². The molecule has 0 aliphatic carbocycles. The maximum absolute atomic E-state index is 13.9. The third-order valence-corrected chi connectivity index (χ3v) is 10.9. The summed E-state index contributed by atoms with van der Waals surface area (Å²) in [6.45, 7) is 8.43. The van der Waals surface area contributed by atoms with Crippen molar-refractivity contribution in [3.63, 3.8) is 0 Å². The van der Waals surface area contributed by atoms with E-state index in [0.29, 0.717) is 61.1 Å². The molecule has 1 fully saturated rings. The van der Waals surface area contributed by atoms with Gasteiger partial charge >= 0.3 is 5.91 Å². The molecule has 10 nitrogen and oxygen atoms in total. The molecule has 14 heteroatoms. The quantitative estimate of drug-likeness (QED) is 0.0468. The van der Waals surface area contributed by atoms with E-state index in [9.17, 15) is 14.7 Å². The first-order valence-corrected chi connectivity index (χ1v) is 18.0. The van der Waals surface area contributed by atoms with Crippen LogP contribution in [0.5, 0.6) is 11.5 Å². The summed E-state index contributed by atoms with van der Waals surface area (Å²) in [7, 11) is 1.52. The summed E-state index contributed by atoms with van der Waals surface area (Å²) in [6.07, 6.45) is 2.68. The van der Waals surface area contributed by atoms with Crippen molar-refractivity contribution in [3.05, 3.63) is 98.4 Å². The van der Waals surface area contributed by atoms with Crippen LogP contribution in [0.3, 0.4) is 0 Å². The minimum Gasteiger partial charge on any atom is -0.505 e. The SMILES string of the molecule is COc1cc(C2C(=C(O)c3nc4c(C)cccn4c3C)C(=O)C(=O)N2c2nnc(SCc3ccc(Cl)cc3Cl)s2)ccc1OCCC(C)C. The Balaban J connectivity index is 1.43. The van der Waals surface area contributed by atoms with Gasteiger partial charge in [-0.05, 0) is 73.2 Å². The number of hydrogen-bond donors (Lipinski definition) is 1. The highest BCUT2D eigenvalue weighted by Crippen LogP contribution is 2.46. The Hall–Kier alpha value is -4.10. The van der Waals surface area contributed by atoms with Crippen molar-refractivity contribution < 1.29 is 24.2 Å². The molecule has 5 aromatic rings. The summed E-state index contributed by atoms with van der Waals surface area (Å²) >= 11 is 15.0. The number of aryl methyl sites for hydroxylation is 2. The van der Waals surface area contributed by atoms with E-state index < -0.39 is 17.7 Å². The van der Waals surface area contributed by atoms with Crippen molar-refractivity contribution in [2.45, 2.75) is 50.3 Å². The van der Waals surface area contributed by atoms with Crippen molar-refractivity contribution in [1.82, 2.24) is 19.6 Å². The lowest BCUT2D eigenvalue weighted by molar-refractivity contribution is -0.132. The number of nitrogens with zero attached hydrogens (tertiary/aromatic N) is 5. The lowest BCUT2D eigenvalue weighted by atomic mass is 9.96. The van der Waals surface area contributed by atoms with Crippen LogP contribution in [-0.4, -0.2) is 50.1 Å². The van der Waals surface area contributed by atoms with Crippen LogP contribution in [0.1, 0.15) is 54.4 Å². The van der Waals surface area contributed by atoms with Crippen LogP contribution in [0.25, 0.3) is 11.4 Å². The normalized spacial score (nSPS) is 15.9. The first kappa shape index (κ1) is 34.8. The number of halogens is 2. The van der Waals surface area contributed by atoms with Gasteiger partial charge in [0.05, 0.1) is 31.0 Å². The molecule has 1 atom stereocenters. The number of aromatic nitrogens is 4. The number of Topliss-reactive ketones (excluding diaryl/α,β-unsaturated/α-hetero) is 1. The number of ether oxygens (including phenoxy) is 2. The number of imidazole rings is 1. The van der Waals surface area contributed by atoms with Crippen molar-refractivity contribution >= 4 is 74.5 Å². The summed E-state index contributed by atoms with van der Waals surface area (Å²) < 4.78 is 14.1. The highest BCUT2D eigenvalue weighted by molar-refractivity contribution is 8.00. The zero-order chi connectivity index (χ0) is 35.0. The molecule has 0 bridgehead atoms. The standard InChI is InChI=1S/C35H33Cl2N5O5S2/c1-18(2)12-14-47-25-11-9-21(15-26(25)46-5)29-27(30(43)28-20(4)41-13-6-7-19(3)32(41)38-28)31(44)33(45)42(29)34-39-40-35(49-34)48-17-22-8-10-23(36)16-24(22)37/h6-11,13,15-16,18,29,43H,12,14,17H2,1-5H3. The molecule has 49 heavy (non-hydrogen) atoms. The zero-order valence-corrected chi connectivity index (χ0v) is 30.5. The van der Waals surface area contributed by atoms with Crippen molar-refractivity contribution in [1.29, 1.82) is 0 Å². The van der Waals surface area contributed by atoms with Crippen molar-refractivity contribution in [2.24, 2.45) is 5.92 Å². The van der Waals surface area contributed by atoms with Gasteiger partial charge in [-0.25, -0.2) is 4.98 Å². The Kier molecular flexibility index (Phi) is 10.2. The number of amides is 1.